The summed E-state index contributed by atoms with van der Waals surface area (Å²) in [5.74, 6) is 0.476. The number of hydrogen-bond donors (Lipinski definition) is 1. The molecule has 2 aromatic carbocycles. The smallest absolute Gasteiger partial charge is 0.264 e. The summed E-state index contributed by atoms with van der Waals surface area (Å²) in [6.45, 7) is 4.61. The fourth-order valence-corrected chi connectivity index (χ4v) is 3.36. The fraction of sp³-hybridized carbons (Fsp3) is 0.350. The molecule has 126 valence electrons. The van der Waals surface area contributed by atoms with Crippen LogP contribution in [0.25, 0.3) is 0 Å². The van der Waals surface area contributed by atoms with Crippen LogP contribution >= 0.6 is 0 Å². The molecule has 0 aromatic heterocycles. The molecule has 1 heterocycles. The van der Waals surface area contributed by atoms with Gasteiger partial charge in [0.05, 0.1) is 12.8 Å². The van der Waals surface area contributed by atoms with Crippen LogP contribution in [-0.2, 0) is 16.8 Å². The third-order valence-corrected chi connectivity index (χ3v) is 4.53. The van der Waals surface area contributed by atoms with Gasteiger partial charge in [-0.25, -0.2) is 0 Å². The Labute approximate surface area is 142 Å². The maximum absolute atomic E-state index is 13.0. The highest BCUT2D eigenvalue weighted by molar-refractivity contribution is 6.07. The van der Waals surface area contributed by atoms with Crippen LogP contribution in [0.1, 0.15) is 30.0 Å². The molecule has 0 radical (unpaired) electrons. The zero-order chi connectivity index (χ0) is 17.3. The van der Waals surface area contributed by atoms with E-state index in [2.05, 4.69) is 0 Å². The van der Waals surface area contributed by atoms with Crippen molar-refractivity contribution in [2.45, 2.75) is 32.3 Å². The van der Waals surface area contributed by atoms with Gasteiger partial charge in [-0.05, 0) is 37.1 Å². The predicted octanol–water partition coefficient (Wildman–Crippen LogP) is 3.19. The second-order valence-corrected chi connectivity index (χ2v) is 6.37. The lowest BCUT2D eigenvalue weighted by Crippen LogP contribution is -2.42. The van der Waals surface area contributed by atoms with Gasteiger partial charge in [0.25, 0.3) is 5.91 Å². The Morgan fingerprint density at radius 3 is 2.71 bits per heavy atom. The van der Waals surface area contributed by atoms with Crippen LogP contribution < -0.4 is 9.64 Å². The van der Waals surface area contributed by atoms with Gasteiger partial charge in [-0.15, -0.1) is 0 Å². The normalized spacial score (nSPS) is 19.5. The average Bonchev–Trinajstić information content (AvgIpc) is 2.77. The van der Waals surface area contributed by atoms with Crippen molar-refractivity contribution in [1.82, 2.24) is 0 Å². The van der Waals surface area contributed by atoms with E-state index in [1.807, 2.05) is 56.3 Å². The first-order valence-corrected chi connectivity index (χ1v) is 8.28. The number of aliphatic hydroxyl groups is 1. The monoisotopic (exact) mass is 325 g/mol. The lowest BCUT2D eigenvalue weighted by Gasteiger charge is -2.23. The molecule has 0 bridgehead atoms. The molecule has 1 N–H and O–H groups in total. The molecule has 0 saturated carbocycles. The Bertz CT molecular complexity index is 771. The maximum Gasteiger partial charge on any atom is 0.264 e. The highest BCUT2D eigenvalue weighted by atomic mass is 16.5. The number of aryl methyl sites for hydroxylation is 1. The van der Waals surface area contributed by atoms with E-state index < -0.39 is 5.60 Å². The van der Waals surface area contributed by atoms with Crippen LogP contribution in [0.15, 0.2) is 42.5 Å². The summed E-state index contributed by atoms with van der Waals surface area (Å²) in [7, 11) is 1.61. The summed E-state index contributed by atoms with van der Waals surface area (Å²) in [5.41, 5.74) is 1.89. The van der Waals surface area contributed by atoms with Crippen molar-refractivity contribution in [3.05, 3.63) is 59.2 Å². The summed E-state index contributed by atoms with van der Waals surface area (Å²) in [6, 6.07) is 13.3. The second kappa shape index (κ2) is 6.29. The number of amides is 1. The topological polar surface area (TPSA) is 49.8 Å². The minimum atomic E-state index is -1.52. The van der Waals surface area contributed by atoms with Crippen molar-refractivity contribution in [3.8, 4) is 5.75 Å². The number of rotatable bonds is 5. The number of benzene rings is 2. The van der Waals surface area contributed by atoms with Crippen molar-refractivity contribution in [2.24, 2.45) is 0 Å². The third-order valence-electron chi connectivity index (χ3n) is 4.53. The van der Waals surface area contributed by atoms with Crippen LogP contribution in [0.2, 0.25) is 0 Å². The molecule has 0 spiro atoms. The van der Waals surface area contributed by atoms with Crippen LogP contribution in [0.5, 0.6) is 5.75 Å². The van der Waals surface area contributed by atoms with E-state index in [0.29, 0.717) is 12.1 Å². The number of fused-ring (bicyclic) bond motifs is 1. The van der Waals surface area contributed by atoms with Gasteiger partial charge < -0.3 is 14.7 Å². The Hall–Kier alpha value is -2.33. The number of anilines is 1. The molecule has 0 aliphatic carbocycles. The molecule has 0 saturated heterocycles. The maximum atomic E-state index is 13.0. The van der Waals surface area contributed by atoms with E-state index in [-0.39, 0.29) is 12.3 Å². The molecule has 1 atom stereocenters. The van der Waals surface area contributed by atoms with Crippen molar-refractivity contribution < 1.29 is 14.6 Å². The molecule has 24 heavy (non-hydrogen) atoms. The van der Waals surface area contributed by atoms with Crippen LogP contribution in [0.3, 0.4) is 0 Å². The van der Waals surface area contributed by atoms with Crippen molar-refractivity contribution in [2.75, 3.05) is 18.6 Å². The first-order valence-electron chi connectivity index (χ1n) is 8.28. The standard InChI is InChI=1S/C20H23NO3/c1-4-10-21-18-9-8-14(2)11-17(18)20(23,19(21)22)13-15-6-5-7-16(12-15)24-3/h5-9,11-12,23H,4,10,13H2,1-3H3. The van der Waals surface area contributed by atoms with Gasteiger partial charge >= 0.3 is 0 Å². The molecule has 1 unspecified atom stereocenters. The van der Waals surface area contributed by atoms with Crippen molar-refractivity contribution in [3.63, 3.8) is 0 Å². The number of nitrogens with zero attached hydrogens (tertiary/aromatic N) is 1. The van der Waals surface area contributed by atoms with Crippen LogP contribution in [0, 0.1) is 6.92 Å². The number of ether oxygens (including phenoxy) is 1. The van der Waals surface area contributed by atoms with E-state index in [4.69, 9.17) is 4.74 Å². The second-order valence-electron chi connectivity index (χ2n) is 6.37. The first-order chi connectivity index (χ1) is 11.5. The predicted molar refractivity (Wildman–Crippen MR) is 94.4 cm³/mol. The highest BCUT2D eigenvalue weighted by Crippen LogP contribution is 2.43. The Morgan fingerprint density at radius 1 is 1.21 bits per heavy atom. The quantitative estimate of drug-likeness (QED) is 0.918. The minimum Gasteiger partial charge on any atom is -0.497 e. The summed E-state index contributed by atoms with van der Waals surface area (Å²) in [4.78, 5) is 14.7. The van der Waals surface area contributed by atoms with Crippen LogP contribution in [-0.4, -0.2) is 24.7 Å². The van der Waals surface area contributed by atoms with E-state index >= 15 is 0 Å². The summed E-state index contributed by atoms with van der Waals surface area (Å²) >= 11 is 0. The summed E-state index contributed by atoms with van der Waals surface area (Å²) in [6.07, 6.45) is 1.08. The molecule has 4 nitrogen and oxygen atoms in total. The van der Waals surface area contributed by atoms with Gasteiger partial charge in [-0.2, -0.15) is 0 Å². The minimum absolute atomic E-state index is 0.236. The number of methoxy groups -OCH3 is 1. The summed E-state index contributed by atoms with van der Waals surface area (Å²) in [5, 5.41) is 11.3. The SMILES string of the molecule is CCCN1C(=O)C(O)(Cc2cccc(OC)c2)c2cc(C)ccc21. The number of carbonyl (C=O) groups excluding carboxylic acids is 1. The molecule has 3 rings (SSSR count). The Morgan fingerprint density at radius 2 is 2.00 bits per heavy atom. The number of carbonyl (C=O) groups is 1. The van der Waals surface area contributed by atoms with Gasteiger partial charge in [0.2, 0.25) is 0 Å². The molecule has 1 amide bonds. The molecular weight excluding hydrogens is 302 g/mol. The van der Waals surface area contributed by atoms with Gasteiger partial charge in [0.1, 0.15) is 5.75 Å². The molecule has 1 aliphatic heterocycles. The molecular formula is C20H23NO3. The molecule has 4 heteroatoms. The molecule has 2 aromatic rings. The van der Waals surface area contributed by atoms with Crippen molar-refractivity contribution >= 4 is 11.6 Å². The molecule has 0 fully saturated rings. The third kappa shape index (κ3) is 2.67. The summed E-state index contributed by atoms with van der Waals surface area (Å²) < 4.78 is 5.25. The van der Waals surface area contributed by atoms with Crippen LogP contribution in [0.4, 0.5) is 5.69 Å². The van der Waals surface area contributed by atoms with Gasteiger partial charge in [-0.3, -0.25) is 4.79 Å². The largest absolute Gasteiger partial charge is 0.497 e. The van der Waals surface area contributed by atoms with E-state index in [1.54, 1.807) is 12.0 Å². The van der Waals surface area contributed by atoms with Gasteiger partial charge in [0.15, 0.2) is 5.60 Å². The Kier molecular flexibility index (Phi) is 4.33. The number of hydrogen-bond acceptors (Lipinski definition) is 3. The van der Waals surface area contributed by atoms with E-state index in [9.17, 15) is 9.90 Å². The zero-order valence-electron chi connectivity index (χ0n) is 14.4. The zero-order valence-corrected chi connectivity index (χ0v) is 14.4. The average molecular weight is 325 g/mol. The van der Waals surface area contributed by atoms with Gasteiger partial charge in [0, 0.05) is 18.5 Å². The lowest BCUT2D eigenvalue weighted by molar-refractivity contribution is -0.136. The van der Waals surface area contributed by atoms with E-state index in [0.717, 1.165) is 29.0 Å². The fourth-order valence-electron chi connectivity index (χ4n) is 3.36. The van der Waals surface area contributed by atoms with Crippen molar-refractivity contribution in [1.29, 1.82) is 0 Å². The molecule has 1 aliphatic rings. The van der Waals surface area contributed by atoms with E-state index in [1.165, 1.54) is 0 Å². The lowest BCUT2D eigenvalue weighted by atomic mass is 9.87. The Balaban J connectivity index is 2.05. The first kappa shape index (κ1) is 16.5. The highest BCUT2D eigenvalue weighted by Gasteiger charge is 2.49. The van der Waals surface area contributed by atoms with Gasteiger partial charge in [-0.1, -0.05) is 36.8 Å².